The number of aromatic nitrogens is 3. The van der Waals surface area contributed by atoms with Crippen LogP contribution in [0.3, 0.4) is 0 Å². The largest absolute Gasteiger partial charge is 0.476 e. The molecular weight excluding hydrogens is 370 g/mol. The average molecular weight is 395 g/mol. The number of ether oxygens (including phenoxy) is 1. The molecule has 2 fully saturated rings. The van der Waals surface area contributed by atoms with Crippen molar-refractivity contribution in [1.82, 2.24) is 24.8 Å². The molecule has 2 aromatic rings. The highest BCUT2D eigenvalue weighted by Crippen LogP contribution is 2.25. The van der Waals surface area contributed by atoms with E-state index in [1.165, 1.54) is 0 Å². The third-order valence-electron chi connectivity index (χ3n) is 5.61. The molecule has 2 aliphatic heterocycles. The van der Waals surface area contributed by atoms with Crippen molar-refractivity contribution in [2.75, 3.05) is 32.8 Å². The molecule has 8 heteroatoms. The van der Waals surface area contributed by atoms with Gasteiger partial charge >= 0.3 is 0 Å². The van der Waals surface area contributed by atoms with E-state index in [-0.39, 0.29) is 17.7 Å². The summed E-state index contributed by atoms with van der Waals surface area (Å²) in [5.41, 5.74) is 0.680. The normalized spacial score (nSPS) is 20.1. The lowest BCUT2D eigenvalue weighted by molar-refractivity contribution is -0.128. The zero-order valence-corrected chi connectivity index (χ0v) is 16.3. The van der Waals surface area contributed by atoms with Gasteiger partial charge in [0, 0.05) is 68.9 Å². The van der Waals surface area contributed by atoms with Gasteiger partial charge in [-0.25, -0.2) is 4.98 Å². The van der Waals surface area contributed by atoms with Gasteiger partial charge in [-0.2, -0.15) is 0 Å². The maximum Gasteiger partial charge on any atom is 0.253 e. The number of pyridine rings is 1. The molecule has 1 unspecified atom stereocenters. The first kappa shape index (κ1) is 19.3. The van der Waals surface area contributed by atoms with Gasteiger partial charge < -0.3 is 14.5 Å². The van der Waals surface area contributed by atoms with E-state index in [0.29, 0.717) is 30.4 Å². The Morgan fingerprint density at radius 3 is 2.59 bits per heavy atom. The predicted octanol–water partition coefficient (Wildman–Crippen LogP) is 1.65. The molecule has 0 spiro atoms. The number of likely N-dealkylation sites (tertiary alicyclic amines) is 2. The van der Waals surface area contributed by atoms with Crippen LogP contribution in [-0.4, -0.2) is 69.4 Å². The van der Waals surface area contributed by atoms with E-state index in [2.05, 4.69) is 15.0 Å². The Morgan fingerprint density at radius 1 is 1.07 bits per heavy atom. The highest BCUT2D eigenvalue weighted by molar-refractivity contribution is 5.94. The first-order valence-electron chi connectivity index (χ1n) is 10.0. The second kappa shape index (κ2) is 8.98. The zero-order valence-electron chi connectivity index (χ0n) is 16.3. The van der Waals surface area contributed by atoms with Crippen LogP contribution in [-0.2, 0) is 4.79 Å². The molecule has 0 bridgehead atoms. The Kier molecular flexibility index (Phi) is 5.97. The van der Waals surface area contributed by atoms with Crippen LogP contribution in [0.2, 0.25) is 0 Å². The minimum absolute atomic E-state index is 0.0596. The minimum atomic E-state index is 0.0596. The summed E-state index contributed by atoms with van der Waals surface area (Å²) in [7, 11) is 0. The summed E-state index contributed by atoms with van der Waals surface area (Å²) in [5, 5.41) is 0. The second-order valence-corrected chi connectivity index (χ2v) is 7.69. The van der Waals surface area contributed by atoms with E-state index in [1.54, 1.807) is 43.1 Å². The van der Waals surface area contributed by atoms with Crippen molar-refractivity contribution in [1.29, 1.82) is 0 Å². The molecule has 152 valence electrons. The van der Waals surface area contributed by atoms with E-state index in [1.807, 2.05) is 9.80 Å². The van der Waals surface area contributed by atoms with E-state index in [9.17, 15) is 9.59 Å². The molecule has 0 saturated carbocycles. The average Bonchev–Trinajstić information content (AvgIpc) is 3.13. The first-order chi connectivity index (χ1) is 14.2. The molecule has 8 nitrogen and oxygen atoms in total. The van der Waals surface area contributed by atoms with Crippen LogP contribution in [0, 0.1) is 11.8 Å². The van der Waals surface area contributed by atoms with Gasteiger partial charge in [-0.1, -0.05) is 0 Å². The van der Waals surface area contributed by atoms with Gasteiger partial charge in [0.25, 0.3) is 5.91 Å². The standard InChI is InChI=1S/C21H25N5O3/c27-20-11-17(15-29-19-12-23-7-8-24-19)14-26(20)13-16-3-9-25(10-4-16)21(28)18-1-5-22-6-2-18/h1-2,5-8,12,16-17H,3-4,9-11,13-15H2. The number of carbonyl (C=O) groups is 2. The molecule has 0 aliphatic carbocycles. The van der Waals surface area contributed by atoms with Crippen LogP contribution in [0.25, 0.3) is 0 Å². The fraction of sp³-hybridized carbons (Fsp3) is 0.476. The molecular formula is C21H25N5O3. The van der Waals surface area contributed by atoms with Crippen molar-refractivity contribution < 1.29 is 14.3 Å². The zero-order chi connectivity index (χ0) is 20.1. The lowest BCUT2D eigenvalue weighted by Gasteiger charge is -2.34. The van der Waals surface area contributed by atoms with Crippen molar-refractivity contribution in [3.05, 3.63) is 48.7 Å². The Hall–Kier alpha value is -3.03. The van der Waals surface area contributed by atoms with Crippen molar-refractivity contribution in [3.8, 4) is 5.88 Å². The number of piperidine rings is 1. The number of amides is 2. The topological polar surface area (TPSA) is 88.5 Å². The van der Waals surface area contributed by atoms with E-state index < -0.39 is 0 Å². The molecule has 0 radical (unpaired) electrons. The van der Waals surface area contributed by atoms with Gasteiger partial charge in [-0.15, -0.1) is 0 Å². The Balaban J connectivity index is 1.22. The molecule has 0 N–H and O–H groups in total. The van der Waals surface area contributed by atoms with Crippen molar-refractivity contribution >= 4 is 11.8 Å². The molecule has 2 aromatic heterocycles. The van der Waals surface area contributed by atoms with Gasteiger partial charge in [0.2, 0.25) is 11.8 Å². The summed E-state index contributed by atoms with van der Waals surface area (Å²) in [6, 6.07) is 3.50. The molecule has 2 aliphatic rings. The Labute approximate surface area is 169 Å². The highest BCUT2D eigenvalue weighted by Gasteiger charge is 2.33. The van der Waals surface area contributed by atoms with Gasteiger partial charge in [-0.05, 0) is 30.9 Å². The molecule has 2 amide bonds. The number of nitrogens with zero attached hydrogens (tertiary/aromatic N) is 5. The van der Waals surface area contributed by atoms with Crippen molar-refractivity contribution in [3.63, 3.8) is 0 Å². The maximum atomic E-state index is 12.5. The minimum Gasteiger partial charge on any atom is -0.476 e. The summed E-state index contributed by atoms with van der Waals surface area (Å²) in [6.07, 6.45) is 10.4. The third kappa shape index (κ3) is 4.88. The number of carbonyl (C=O) groups excluding carboxylic acids is 2. The summed E-state index contributed by atoms with van der Waals surface area (Å²) in [5.74, 6) is 1.35. The van der Waals surface area contributed by atoms with Gasteiger partial charge in [0.05, 0.1) is 12.8 Å². The Bertz CT molecular complexity index is 825. The van der Waals surface area contributed by atoms with Crippen LogP contribution in [0.15, 0.2) is 43.1 Å². The lowest BCUT2D eigenvalue weighted by atomic mass is 9.95. The molecule has 4 rings (SSSR count). The fourth-order valence-corrected chi connectivity index (χ4v) is 4.01. The van der Waals surface area contributed by atoms with E-state index in [0.717, 1.165) is 39.0 Å². The van der Waals surface area contributed by atoms with Crippen LogP contribution in [0.1, 0.15) is 29.6 Å². The quantitative estimate of drug-likeness (QED) is 0.739. The maximum absolute atomic E-state index is 12.5. The van der Waals surface area contributed by atoms with E-state index >= 15 is 0 Å². The van der Waals surface area contributed by atoms with Gasteiger partial charge in [0.15, 0.2) is 0 Å². The second-order valence-electron chi connectivity index (χ2n) is 7.69. The smallest absolute Gasteiger partial charge is 0.253 e. The molecule has 0 aromatic carbocycles. The fourth-order valence-electron chi connectivity index (χ4n) is 4.01. The highest BCUT2D eigenvalue weighted by atomic mass is 16.5. The molecule has 4 heterocycles. The molecule has 2 saturated heterocycles. The lowest BCUT2D eigenvalue weighted by Crippen LogP contribution is -2.42. The predicted molar refractivity (Wildman–Crippen MR) is 105 cm³/mol. The van der Waals surface area contributed by atoms with Gasteiger partial charge in [0.1, 0.15) is 0 Å². The van der Waals surface area contributed by atoms with Crippen LogP contribution < -0.4 is 4.74 Å². The molecule has 29 heavy (non-hydrogen) atoms. The Morgan fingerprint density at radius 2 is 1.86 bits per heavy atom. The summed E-state index contributed by atoms with van der Waals surface area (Å²) >= 11 is 0. The van der Waals surface area contributed by atoms with Gasteiger partial charge in [-0.3, -0.25) is 19.6 Å². The first-order valence-corrected chi connectivity index (χ1v) is 10.0. The van der Waals surface area contributed by atoms with Crippen molar-refractivity contribution in [2.45, 2.75) is 19.3 Å². The summed E-state index contributed by atoms with van der Waals surface area (Å²) < 4.78 is 5.66. The van der Waals surface area contributed by atoms with E-state index in [4.69, 9.17) is 4.74 Å². The van der Waals surface area contributed by atoms with Crippen molar-refractivity contribution in [2.24, 2.45) is 11.8 Å². The summed E-state index contributed by atoms with van der Waals surface area (Å²) in [6.45, 7) is 3.41. The number of rotatable bonds is 6. The number of hydrogen-bond acceptors (Lipinski definition) is 6. The molecule has 1 atom stereocenters. The van der Waals surface area contributed by atoms with Crippen LogP contribution in [0.5, 0.6) is 5.88 Å². The monoisotopic (exact) mass is 395 g/mol. The SMILES string of the molecule is O=C1CC(COc2cnccn2)CN1CC1CCN(C(=O)c2ccncc2)CC1. The third-order valence-corrected chi connectivity index (χ3v) is 5.61. The van der Waals surface area contributed by atoms with Crippen LogP contribution in [0.4, 0.5) is 0 Å². The number of hydrogen-bond donors (Lipinski definition) is 0. The van der Waals surface area contributed by atoms with Crippen LogP contribution >= 0.6 is 0 Å². The summed E-state index contributed by atoms with van der Waals surface area (Å²) in [4.78, 5) is 40.8.